The number of pyridine rings is 1. The maximum atomic E-state index is 13.5. The van der Waals surface area contributed by atoms with Gasteiger partial charge >= 0.3 is 0 Å². The molecule has 3 heterocycles. The minimum Gasteiger partial charge on any atom is -0.390 e. The molecule has 0 spiro atoms. The second-order valence-corrected chi connectivity index (χ2v) is 10.1. The van der Waals surface area contributed by atoms with E-state index < -0.39 is 5.60 Å². The van der Waals surface area contributed by atoms with Crippen LogP contribution in [0, 0.1) is 0 Å². The molecule has 8 heteroatoms. The first kappa shape index (κ1) is 23.1. The average Bonchev–Trinajstić information content (AvgIpc) is 3.41. The number of nitrogens with one attached hydrogen (secondary N) is 1. The summed E-state index contributed by atoms with van der Waals surface area (Å²) in [6.45, 7) is 4.17. The SMILES string of the molecule is Cn1ncc2cc(Nc3cccc4ccn(CC(=O)N5CCCC5CC(C)(C)O)c(=O)c34)ccc21. The normalized spacial score (nSPS) is 16.3. The standard InChI is InChI=1S/C27H31N5O3/c1-27(2,35)15-21-7-5-12-32(21)24(33)17-31-13-11-18-6-4-8-22(25(18)26(31)34)29-20-9-10-23-19(14-20)16-28-30(23)3/h4,6,8-11,13-14,16,21,29,35H,5,7,12,15,17H2,1-3H3. The number of hydrogen-bond donors (Lipinski definition) is 2. The van der Waals surface area contributed by atoms with Crippen molar-refractivity contribution in [3.63, 3.8) is 0 Å². The molecule has 5 rings (SSSR count). The number of hydrogen-bond acceptors (Lipinski definition) is 5. The van der Waals surface area contributed by atoms with Crippen molar-refractivity contribution >= 4 is 39.0 Å². The summed E-state index contributed by atoms with van der Waals surface area (Å²) in [5, 5.41) is 20.3. The molecule has 1 aliphatic rings. The molecule has 2 aromatic carbocycles. The predicted octanol–water partition coefficient (Wildman–Crippen LogP) is 3.78. The molecule has 1 fully saturated rings. The van der Waals surface area contributed by atoms with Gasteiger partial charge in [0.15, 0.2) is 0 Å². The third-order valence-electron chi connectivity index (χ3n) is 6.77. The third-order valence-corrected chi connectivity index (χ3v) is 6.77. The Morgan fingerprint density at radius 3 is 2.83 bits per heavy atom. The van der Waals surface area contributed by atoms with E-state index in [0.717, 1.165) is 34.8 Å². The lowest BCUT2D eigenvalue weighted by Gasteiger charge is -2.29. The largest absolute Gasteiger partial charge is 0.390 e. The first-order valence-corrected chi connectivity index (χ1v) is 12.0. The Balaban J connectivity index is 1.43. The van der Waals surface area contributed by atoms with Gasteiger partial charge < -0.3 is 19.9 Å². The molecule has 1 saturated heterocycles. The van der Waals surface area contributed by atoms with Crippen LogP contribution in [0.5, 0.6) is 0 Å². The minimum atomic E-state index is -0.841. The molecule has 0 bridgehead atoms. The zero-order valence-corrected chi connectivity index (χ0v) is 20.4. The van der Waals surface area contributed by atoms with E-state index in [4.69, 9.17) is 0 Å². The van der Waals surface area contributed by atoms with Crippen LogP contribution in [0.3, 0.4) is 0 Å². The van der Waals surface area contributed by atoms with Crippen molar-refractivity contribution in [1.29, 1.82) is 0 Å². The van der Waals surface area contributed by atoms with Crippen molar-refractivity contribution in [1.82, 2.24) is 19.2 Å². The topological polar surface area (TPSA) is 92.4 Å². The van der Waals surface area contributed by atoms with Gasteiger partial charge in [0.2, 0.25) is 5.91 Å². The van der Waals surface area contributed by atoms with Crippen LogP contribution < -0.4 is 10.9 Å². The van der Waals surface area contributed by atoms with E-state index in [2.05, 4.69) is 10.4 Å². The molecule has 0 saturated carbocycles. The lowest BCUT2D eigenvalue weighted by atomic mass is 9.97. The van der Waals surface area contributed by atoms with Crippen LogP contribution in [0.25, 0.3) is 21.7 Å². The monoisotopic (exact) mass is 473 g/mol. The van der Waals surface area contributed by atoms with Gasteiger partial charge in [-0.3, -0.25) is 14.3 Å². The summed E-state index contributed by atoms with van der Waals surface area (Å²) >= 11 is 0. The summed E-state index contributed by atoms with van der Waals surface area (Å²) in [7, 11) is 1.90. The second kappa shape index (κ2) is 8.85. The van der Waals surface area contributed by atoms with Gasteiger partial charge in [-0.15, -0.1) is 0 Å². The van der Waals surface area contributed by atoms with Crippen LogP contribution in [-0.2, 0) is 18.4 Å². The zero-order valence-electron chi connectivity index (χ0n) is 20.4. The number of benzene rings is 2. The van der Waals surface area contributed by atoms with Crippen LogP contribution in [0.2, 0.25) is 0 Å². The number of aromatic nitrogens is 3. The van der Waals surface area contributed by atoms with Crippen LogP contribution in [-0.4, -0.2) is 48.4 Å². The number of aliphatic hydroxyl groups is 1. The quantitative estimate of drug-likeness (QED) is 0.445. The molecule has 35 heavy (non-hydrogen) atoms. The maximum Gasteiger partial charge on any atom is 0.261 e. The Labute approximate surface area is 203 Å². The van der Waals surface area contributed by atoms with Crippen LogP contribution in [0.1, 0.15) is 33.1 Å². The summed E-state index contributed by atoms with van der Waals surface area (Å²) in [6, 6.07) is 13.5. The fourth-order valence-corrected chi connectivity index (χ4v) is 5.14. The van der Waals surface area contributed by atoms with Crippen molar-refractivity contribution in [2.45, 2.75) is 51.3 Å². The third kappa shape index (κ3) is 4.66. The summed E-state index contributed by atoms with van der Waals surface area (Å²) in [5.74, 6) is -0.0920. The van der Waals surface area contributed by atoms with Gasteiger partial charge in [0.1, 0.15) is 6.54 Å². The molecule has 1 unspecified atom stereocenters. The van der Waals surface area contributed by atoms with Crippen LogP contribution in [0.4, 0.5) is 11.4 Å². The Kier molecular flexibility index (Phi) is 5.84. The highest BCUT2D eigenvalue weighted by Gasteiger charge is 2.32. The van der Waals surface area contributed by atoms with Crippen LogP contribution >= 0.6 is 0 Å². The van der Waals surface area contributed by atoms with E-state index in [0.29, 0.717) is 24.0 Å². The number of carbonyl (C=O) groups excluding carboxylic acids is 1. The Hall–Kier alpha value is -3.65. The summed E-state index contributed by atoms with van der Waals surface area (Å²) < 4.78 is 3.30. The van der Waals surface area contributed by atoms with Gasteiger partial charge in [-0.05, 0) is 68.8 Å². The molecule has 8 nitrogen and oxygen atoms in total. The van der Waals surface area contributed by atoms with Gasteiger partial charge in [0, 0.05) is 36.9 Å². The molecule has 2 aromatic heterocycles. The number of likely N-dealkylation sites (tertiary alicyclic amines) is 1. The summed E-state index contributed by atoms with van der Waals surface area (Å²) in [5.41, 5.74) is 1.53. The molecule has 1 atom stereocenters. The first-order chi connectivity index (χ1) is 16.7. The molecule has 1 amide bonds. The number of carbonyl (C=O) groups is 1. The van der Waals surface area contributed by atoms with Crippen molar-refractivity contribution in [2.24, 2.45) is 7.05 Å². The molecular formula is C27H31N5O3. The fraction of sp³-hybridized carbons (Fsp3) is 0.370. The Bertz CT molecular complexity index is 1460. The van der Waals surface area contributed by atoms with Gasteiger partial charge in [-0.25, -0.2) is 0 Å². The van der Waals surface area contributed by atoms with Crippen molar-refractivity contribution < 1.29 is 9.90 Å². The average molecular weight is 474 g/mol. The molecular weight excluding hydrogens is 442 g/mol. The number of nitrogens with zero attached hydrogens (tertiary/aromatic N) is 4. The van der Waals surface area contributed by atoms with E-state index in [-0.39, 0.29) is 24.1 Å². The summed E-state index contributed by atoms with van der Waals surface area (Å²) in [6.07, 6.45) is 5.81. The predicted molar refractivity (Wildman–Crippen MR) is 138 cm³/mol. The highest BCUT2D eigenvalue weighted by molar-refractivity contribution is 5.95. The van der Waals surface area contributed by atoms with E-state index >= 15 is 0 Å². The number of anilines is 2. The van der Waals surface area contributed by atoms with Gasteiger partial charge in [-0.2, -0.15) is 5.10 Å². The highest BCUT2D eigenvalue weighted by Crippen LogP contribution is 2.27. The second-order valence-electron chi connectivity index (χ2n) is 10.1. The number of rotatable bonds is 6. The smallest absolute Gasteiger partial charge is 0.261 e. The van der Waals surface area contributed by atoms with Gasteiger partial charge in [-0.1, -0.05) is 12.1 Å². The van der Waals surface area contributed by atoms with Crippen molar-refractivity contribution in [2.75, 3.05) is 11.9 Å². The Morgan fingerprint density at radius 1 is 1.20 bits per heavy atom. The summed E-state index contributed by atoms with van der Waals surface area (Å²) in [4.78, 5) is 28.5. The fourth-order valence-electron chi connectivity index (χ4n) is 5.14. The van der Waals surface area contributed by atoms with Crippen LogP contribution in [0.15, 0.2) is 59.7 Å². The molecule has 1 aliphatic heterocycles. The zero-order chi connectivity index (χ0) is 24.7. The molecule has 4 aromatic rings. The number of aryl methyl sites for hydroxylation is 1. The number of amides is 1. The first-order valence-electron chi connectivity index (χ1n) is 12.0. The van der Waals surface area contributed by atoms with Crippen molar-refractivity contribution in [3.05, 3.63) is 65.2 Å². The Morgan fingerprint density at radius 2 is 2.03 bits per heavy atom. The lowest BCUT2D eigenvalue weighted by Crippen LogP contribution is -2.42. The van der Waals surface area contributed by atoms with Gasteiger partial charge in [0.25, 0.3) is 5.56 Å². The van der Waals surface area contributed by atoms with E-state index in [1.807, 2.05) is 65.3 Å². The number of fused-ring (bicyclic) bond motifs is 2. The molecule has 2 N–H and O–H groups in total. The van der Waals surface area contributed by atoms with E-state index in [1.54, 1.807) is 20.0 Å². The molecule has 0 aliphatic carbocycles. The van der Waals surface area contributed by atoms with E-state index in [9.17, 15) is 14.7 Å². The minimum absolute atomic E-state index is 0.00159. The maximum absolute atomic E-state index is 13.5. The van der Waals surface area contributed by atoms with Gasteiger partial charge in [0.05, 0.1) is 28.4 Å². The molecule has 0 radical (unpaired) electrons. The lowest BCUT2D eigenvalue weighted by molar-refractivity contribution is -0.133. The van der Waals surface area contributed by atoms with Crippen molar-refractivity contribution in [3.8, 4) is 0 Å². The highest BCUT2D eigenvalue weighted by atomic mass is 16.3. The molecule has 182 valence electrons. The van der Waals surface area contributed by atoms with E-state index in [1.165, 1.54) is 4.57 Å².